The fourth-order valence-electron chi connectivity index (χ4n) is 5.48. The Morgan fingerprint density at radius 3 is 2.31 bits per heavy atom. The van der Waals surface area contributed by atoms with Crippen molar-refractivity contribution in [2.45, 2.75) is 58.4 Å². The van der Waals surface area contributed by atoms with Crippen molar-refractivity contribution in [1.29, 1.82) is 0 Å². The molecule has 3 aromatic carbocycles. The van der Waals surface area contributed by atoms with Crippen LogP contribution in [-0.2, 0) is 6.42 Å². The lowest BCUT2D eigenvalue weighted by atomic mass is 9.93. The fraction of sp³-hybridized carbons (Fsp3) is 0.357. The minimum Gasteiger partial charge on any atom is -0.369 e. The van der Waals surface area contributed by atoms with Gasteiger partial charge in [0, 0.05) is 18.3 Å². The topological polar surface area (TPSA) is 3.24 Å². The molecule has 0 saturated heterocycles. The Labute approximate surface area is 175 Å². The molecule has 0 amide bonds. The molecule has 0 radical (unpaired) electrons. The van der Waals surface area contributed by atoms with Gasteiger partial charge in [0.15, 0.2) is 0 Å². The van der Waals surface area contributed by atoms with Crippen LogP contribution in [0.25, 0.3) is 22.3 Å². The van der Waals surface area contributed by atoms with Gasteiger partial charge in [0.25, 0.3) is 0 Å². The number of benzene rings is 3. The van der Waals surface area contributed by atoms with Gasteiger partial charge in [-0.15, -0.1) is 0 Å². The van der Waals surface area contributed by atoms with Gasteiger partial charge in [0.05, 0.1) is 0 Å². The Morgan fingerprint density at radius 1 is 0.793 bits per heavy atom. The van der Waals surface area contributed by atoms with Gasteiger partial charge < -0.3 is 4.90 Å². The van der Waals surface area contributed by atoms with E-state index in [4.69, 9.17) is 0 Å². The van der Waals surface area contributed by atoms with E-state index in [1.807, 2.05) is 0 Å². The van der Waals surface area contributed by atoms with E-state index in [1.54, 1.807) is 0 Å². The number of fused-ring (bicyclic) bond motifs is 3. The van der Waals surface area contributed by atoms with Gasteiger partial charge in [-0.05, 0) is 90.3 Å². The number of anilines is 1. The van der Waals surface area contributed by atoms with Crippen LogP contribution < -0.4 is 4.90 Å². The molecule has 0 atom stereocenters. The molecule has 5 rings (SSSR count). The zero-order valence-corrected chi connectivity index (χ0v) is 17.7. The summed E-state index contributed by atoms with van der Waals surface area (Å²) in [5, 5.41) is 0. The average Bonchev–Trinajstić information content (AvgIpc) is 3.12. The zero-order valence-electron chi connectivity index (χ0n) is 17.7. The van der Waals surface area contributed by atoms with Crippen molar-refractivity contribution in [1.82, 2.24) is 0 Å². The first-order valence-electron chi connectivity index (χ1n) is 11.3. The maximum atomic E-state index is 2.66. The molecule has 0 heterocycles. The van der Waals surface area contributed by atoms with Crippen LogP contribution >= 0.6 is 0 Å². The van der Waals surface area contributed by atoms with Gasteiger partial charge in [-0.25, -0.2) is 0 Å². The van der Waals surface area contributed by atoms with Gasteiger partial charge in [-0.1, -0.05) is 61.7 Å². The Hall–Kier alpha value is -2.54. The summed E-state index contributed by atoms with van der Waals surface area (Å²) in [6.45, 7) is 5.67. The summed E-state index contributed by atoms with van der Waals surface area (Å²) >= 11 is 0. The van der Waals surface area contributed by atoms with Crippen LogP contribution in [0, 0.1) is 6.92 Å². The maximum absolute atomic E-state index is 2.66. The highest BCUT2D eigenvalue weighted by Crippen LogP contribution is 2.42. The standard InChI is InChI=1S/C28H31N/c1-3-29(24-12-8-5-9-13-24)25-15-14-22-17-23-18-26(21-10-6-4-7-11-21)20(2)16-27(23)28(22)19-25/h4,6-7,10-11,14-16,18-19,24H,3,5,8-9,12-13,17H2,1-2H3. The van der Waals surface area contributed by atoms with E-state index < -0.39 is 0 Å². The predicted octanol–water partition coefficient (Wildman–Crippen LogP) is 7.39. The molecule has 148 valence electrons. The molecule has 3 aromatic rings. The van der Waals surface area contributed by atoms with Crippen molar-refractivity contribution in [3.05, 3.63) is 77.4 Å². The van der Waals surface area contributed by atoms with E-state index in [0.717, 1.165) is 19.0 Å². The highest BCUT2D eigenvalue weighted by Gasteiger charge is 2.24. The molecular weight excluding hydrogens is 350 g/mol. The SMILES string of the molecule is CCN(c1ccc2c(c1)-c1cc(C)c(-c3ccccc3)cc1C2)C1CCCCC1. The van der Waals surface area contributed by atoms with E-state index in [0.29, 0.717) is 0 Å². The van der Waals surface area contributed by atoms with Crippen LogP contribution in [-0.4, -0.2) is 12.6 Å². The van der Waals surface area contributed by atoms with E-state index in [1.165, 1.54) is 76.7 Å². The molecule has 0 bridgehead atoms. The number of rotatable bonds is 4. The van der Waals surface area contributed by atoms with Crippen molar-refractivity contribution < 1.29 is 0 Å². The smallest absolute Gasteiger partial charge is 0.0375 e. The second-order valence-corrected chi connectivity index (χ2v) is 8.79. The summed E-state index contributed by atoms with van der Waals surface area (Å²) in [4.78, 5) is 2.66. The van der Waals surface area contributed by atoms with Crippen molar-refractivity contribution in [2.75, 3.05) is 11.4 Å². The molecule has 1 nitrogen and oxygen atoms in total. The number of hydrogen-bond acceptors (Lipinski definition) is 1. The highest BCUT2D eigenvalue weighted by molar-refractivity contribution is 5.83. The molecule has 2 aliphatic carbocycles. The van der Waals surface area contributed by atoms with Crippen LogP contribution in [0.2, 0.25) is 0 Å². The fourth-order valence-corrected chi connectivity index (χ4v) is 5.48. The zero-order chi connectivity index (χ0) is 19.8. The molecule has 0 N–H and O–H groups in total. The van der Waals surface area contributed by atoms with Crippen LogP contribution in [0.15, 0.2) is 60.7 Å². The summed E-state index contributed by atoms with van der Waals surface area (Å²) in [7, 11) is 0. The van der Waals surface area contributed by atoms with Crippen molar-refractivity contribution in [3.8, 4) is 22.3 Å². The van der Waals surface area contributed by atoms with Crippen molar-refractivity contribution >= 4 is 5.69 Å². The van der Waals surface area contributed by atoms with E-state index in [2.05, 4.69) is 79.4 Å². The molecule has 2 aliphatic rings. The van der Waals surface area contributed by atoms with Gasteiger partial charge in [0.1, 0.15) is 0 Å². The molecule has 1 fully saturated rings. The summed E-state index contributed by atoms with van der Waals surface area (Å²) in [5.41, 5.74) is 11.3. The molecule has 0 unspecified atom stereocenters. The number of aryl methyl sites for hydroxylation is 1. The molecule has 1 heteroatoms. The normalized spacial score (nSPS) is 15.8. The van der Waals surface area contributed by atoms with Crippen molar-refractivity contribution in [2.24, 2.45) is 0 Å². The Kier molecular flexibility index (Phi) is 4.91. The highest BCUT2D eigenvalue weighted by atomic mass is 15.2. The van der Waals surface area contributed by atoms with Gasteiger partial charge >= 0.3 is 0 Å². The second kappa shape index (κ2) is 7.71. The number of nitrogens with zero attached hydrogens (tertiary/aromatic N) is 1. The third-order valence-electron chi connectivity index (χ3n) is 6.99. The first kappa shape index (κ1) is 18.5. The molecule has 1 saturated carbocycles. The number of hydrogen-bond donors (Lipinski definition) is 0. The summed E-state index contributed by atoms with van der Waals surface area (Å²) < 4.78 is 0. The third kappa shape index (κ3) is 3.37. The van der Waals surface area contributed by atoms with Crippen LogP contribution in [0.5, 0.6) is 0 Å². The molecule has 29 heavy (non-hydrogen) atoms. The minimum atomic E-state index is 0.717. The van der Waals surface area contributed by atoms with Crippen LogP contribution in [0.3, 0.4) is 0 Å². The lowest BCUT2D eigenvalue weighted by Gasteiger charge is -2.35. The third-order valence-corrected chi connectivity index (χ3v) is 6.99. The van der Waals surface area contributed by atoms with Gasteiger partial charge in [-0.2, -0.15) is 0 Å². The van der Waals surface area contributed by atoms with Crippen LogP contribution in [0.1, 0.15) is 55.7 Å². The quantitative estimate of drug-likeness (QED) is 0.356. The summed E-state index contributed by atoms with van der Waals surface area (Å²) in [5.74, 6) is 0. The lowest BCUT2D eigenvalue weighted by molar-refractivity contribution is 0.418. The first-order chi connectivity index (χ1) is 14.2. The van der Waals surface area contributed by atoms with E-state index >= 15 is 0 Å². The van der Waals surface area contributed by atoms with Crippen molar-refractivity contribution in [3.63, 3.8) is 0 Å². The Balaban J connectivity index is 1.52. The summed E-state index contributed by atoms with van der Waals surface area (Å²) in [6, 6.07) is 23.6. The molecule has 0 aliphatic heterocycles. The molecule has 0 aromatic heterocycles. The minimum absolute atomic E-state index is 0.717. The average molecular weight is 382 g/mol. The summed E-state index contributed by atoms with van der Waals surface area (Å²) in [6.07, 6.45) is 7.93. The first-order valence-corrected chi connectivity index (χ1v) is 11.3. The van der Waals surface area contributed by atoms with Gasteiger partial charge in [-0.3, -0.25) is 0 Å². The largest absolute Gasteiger partial charge is 0.369 e. The molecular formula is C28H31N. The van der Waals surface area contributed by atoms with Crippen LogP contribution in [0.4, 0.5) is 5.69 Å². The molecule has 0 spiro atoms. The monoisotopic (exact) mass is 381 g/mol. The Morgan fingerprint density at radius 2 is 1.55 bits per heavy atom. The lowest BCUT2D eigenvalue weighted by Crippen LogP contribution is -2.36. The maximum Gasteiger partial charge on any atom is 0.0375 e. The second-order valence-electron chi connectivity index (χ2n) is 8.79. The van der Waals surface area contributed by atoms with Gasteiger partial charge in [0.2, 0.25) is 0 Å². The van der Waals surface area contributed by atoms with E-state index in [-0.39, 0.29) is 0 Å². The van der Waals surface area contributed by atoms with E-state index in [9.17, 15) is 0 Å². The predicted molar refractivity (Wildman–Crippen MR) is 125 cm³/mol. The Bertz CT molecular complexity index is 1010.